The Morgan fingerprint density at radius 3 is 3.09 bits per heavy atom. The molecule has 1 spiro atoms. The highest BCUT2D eigenvalue weighted by atomic mass is 127. The summed E-state index contributed by atoms with van der Waals surface area (Å²) < 4.78 is 5.42. The zero-order chi connectivity index (χ0) is 14.7. The number of carbonyl (C=O) groups is 1. The van der Waals surface area contributed by atoms with Gasteiger partial charge in [0.15, 0.2) is 5.96 Å². The number of nitrogens with zero attached hydrogens (tertiary/aromatic N) is 2. The lowest BCUT2D eigenvalue weighted by Crippen LogP contribution is -2.52. The lowest BCUT2D eigenvalue weighted by molar-refractivity contribution is -0.119. The minimum absolute atomic E-state index is 0. The summed E-state index contributed by atoms with van der Waals surface area (Å²) in [4.78, 5) is 18.3. The topological polar surface area (TPSA) is 66.0 Å². The molecule has 0 aromatic heterocycles. The number of hydrogen-bond acceptors (Lipinski definition) is 3. The third kappa shape index (κ3) is 4.04. The number of rotatable bonds is 2. The molecule has 3 saturated heterocycles. The first kappa shape index (κ1) is 17.8. The van der Waals surface area contributed by atoms with Crippen LogP contribution in [0.1, 0.15) is 25.7 Å². The summed E-state index contributed by atoms with van der Waals surface area (Å²) >= 11 is 0. The molecule has 126 valence electrons. The van der Waals surface area contributed by atoms with Gasteiger partial charge in [0.25, 0.3) is 0 Å². The molecule has 2 N–H and O–H groups in total. The van der Waals surface area contributed by atoms with Crippen molar-refractivity contribution in [2.24, 2.45) is 16.3 Å². The highest BCUT2D eigenvalue weighted by molar-refractivity contribution is 14.0. The van der Waals surface area contributed by atoms with Gasteiger partial charge in [0, 0.05) is 57.6 Å². The van der Waals surface area contributed by atoms with Crippen LogP contribution in [0.15, 0.2) is 4.99 Å². The molecule has 0 radical (unpaired) electrons. The second-order valence-electron chi connectivity index (χ2n) is 6.64. The Hall–Kier alpha value is -0.570. The normalized spacial score (nSPS) is 32.0. The molecular formula is C15H27IN4O2. The SMILES string of the molecule is CN=C(NCC1CCOC1)N1CCCC2(CNC(=O)C2)C1.I. The van der Waals surface area contributed by atoms with Gasteiger partial charge in [-0.15, -0.1) is 24.0 Å². The number of aliphatic imine (C=N–C) groups is 1. The summed E-state index contributed by atoms with van der Waals surface area (Å²) in [6.07, 6.45) is 4.06. The Kier molecular flexibility index (Phi) is 6.31. The maximum Gasteiger partial charge on any atom is 0.220 e. The Labute approximate surface area is 149 Å². The third-order valence-electron chi connectivity index (χ3n) is 4.94. The van der Waals surface area contributed by atoms with Crippen LogP contribution >= 0.6 is 24.0 Å². The van der Waals surface area contributed by atoms with E-state index in [1.165, 1.54) is 0 Å². The summed E-state index contributed by atoms with van der Waals surface area (Å²) in [5, 5.41) is 6.48. The van der Waals surface area contributed by atoms with E-state index in [-0.39, 0.29) is 35.3 Å². The number of piperidine rings is 1. The van der Waals surface area contributed by atoms with Crippen molar-refractivity contribution in [1.82, 2.24) is 15.5 Å². The second-order valence-corrected chi connectivity index (χ2v) is 6.64. The molecular weight excluding hydrogens is 395 g/mol. The fraction of sp³-hybridized carbons (Fsp3) is 0.867. The number of carbonyl (C=O) groups excluding carboxylic acids is 1. The van der Waals surface area contributed by atoms with E-state index in [0.717, 1.165) is 64.6 Å². The molecule has 3 aliphatic rings. The monoisotopic (exact) mass is 422 g/mol. The largest absolute Gasteiger partial charge is 0.381 e. The van der Waals surface area contributed by atoms with E-state index in [0.29, 0.717) is 12.3 Å². The van der Waals surface area contributed by atoms with Crippen molar-refractivity contribution in [3.8, 4) is 0 Å². The molecule has 1 amide bonds. The van der Waals surface area contributed by atoms with E-state index in [1.54, 1.807) is 0 Å². The third-order valence-corrected chi connectivity index (χ3v) is 4.94. The minimum Gasteiger partial charge on any atom is -0.381 e. The van der Waals surface area contributed by atoms with Crippen LogP contribution in [0.2, 0.25) is 0 Å². The van der Waals surface area contributed by atoms with Crippen molar-refractivity contribution in [2.75, 3.05) is 46.4 Å². The number of nitrogens with one attached hydrogen (secondary N) is 2. The van der Waals surface area contributed by atoms with Crippen LogP contribution in [0, 0.1) is 11.3 Å². The van der Waals surface area contributed by atoms with Gasteiger partial charge in [0.05, 0.1) is 6.61 Å². The molecule has 6 nitrogen and oxygen atoms in total. The van der Waals surface area contributed by atoms with Crippen LogP contribution in [-0.2, 0) is 9.53 Å². The molecule has 0 bridgehead atoms. The van der Waals surface area contributed by atoms with Gasteiger partial charge in [-0.3, -0.25) is 9.79 Å². The van der Waals surface area contributed by atoms with Crippen LogP contribution in [0.3, 0.4) is 0 Å². The van der Waals surface area contributed by atoms with Crippen molar-refractivity contribution in [1.29, 1.82) is 0 Å². The quantitative estimate of drug-likeness (QED) is 0.393. The van der Waals surface area contributed by atoms with Crippen molar-refractivity contribution in [2.45, 2.75) is 25.7 Å². The van der Waals surface area contributed by atoms with Crippen LogP contribution in [0.4, 0.5) is 0 Å². The minimum atomic E-state index is 0. The summed E-state index contributed by atoms with van der Waals surface area (Å²) in [6, 6.07) is 0. The molecule has 3 heterocycles. The van der Waals surface area contributed by atoms with E-state index in [4.69, 9.17) is 4.74 Å². The zero-order valence-electron chi connectivity index (χ0n) is 13.3. The van der Waals surface area contributed by atoms with Crippen molar-refractivity contribution in [3.05, 3.63) is 0 Å². The summed E-state index contributed by atoms with van der Waals surface area (Å²) in [5.41, 5.74) is 0.115. The number of guanidine groups is 1. The Balaban J connectivity index is 0.00000176. The molecule has 0 aromatic carbocycles. The molecule has 3 aliphatic heterocycles. The molecule has 3 rings (SSSR count). The molecule has 22 heavy (non-hydrogen) atoms. The van der Waals surface area contributed by atoms with Crippen LogP contribution in [0.25, 0.3) is 0 Å². The summed E-state index contributed by atoms with van der Waals surface area (Å²) in [7, 11) is 1.84. The van der Waals surface area contributed by atoms with E-state index >= 15 is 0 Å². The van der Waals surface area contributed by atoms with Gasteiger partial charge in [-0.25, -0.2) is 0 Å². The van der Waals surface area contributed by atoms with E-state index < -0.39 is 0 Å². The first-order valence-corrected chi connectivity index (χ1v) is 8.01. The number of likely N-dealkylation sites (tertiary alicyclic amines) is 1. The molecule has 3 fully saturated rings. The fourth-order valence-corrected chi connectivity index (χ4v) is 3.74. The van der Waals surface area contributed by atoms with Crippen LogP contribution < -0.4 is 10.6 Å². The van der Waals surface area contributed by atoms with Gasteiger partial charge in [-0.1, -0.05) is 0 Å². The molecule has 2 atom stereocenters. The Morgan fingerprint density at radius 1 is 1.59 bits per heavy atom. The summed E-state index contributed by atoms with van der Waals surface area (Å²) in [5.74, 6) is 1.76. The molecule has 0 aliphatic carbocycles. The van der Waals surface area contributed by atoms with Gasteiger partial charge in [0.1, 0.15) is 0 Å². The number of amides is 1. The zero-order valence-corrected chi connectivity index (χ0v) is 15.6. The molecule has 2 unspecified atom stereocenters. The van der Waals surface area contributed by atoms with Gasteiger partial charge >= 0.3 is 0 Å². The maximum atomic E-state index is 11.6. The van der Waals surface area contributed by atoms with Crippen molar-refractivity contribution >= 4 is 35.8 Å². The van der Waals surface area contributed by atoms with E-state index in [2.05, 4.69) is 20.5 Å². The van der Waals surface area contributed by atoms with Crippen LogP contribution in [-0.4, -0.2) is 63.2 Å². The van der Waals surface area contributed by atoms with Gasteiger partial charge in [-0.2, -0.15) is 0 Å². The van der Waals surface area contributed by atoms with Gasteiger partial charge < -0.3 is 20.3 Å². The smallest absolute Gasteiger partial charge is 0.220 e. The predicted octanol–water partition coefficient (Wildman–Crippen LogP) is 0.818. The lowest BCUT2D eigenvalue weighted by atomic mass is 9.79. The van der Waals surface area contributed by atoms with Crippen molar-refractivity contribution < 1.29 is 9.53 Å². The first-order valence-electron chi connectivity index (χ1n) is 8.01. The van der Waals surface area contributed by atoms with Gasteiger partial charge in [-0.05, 0) is 19.3 Å². The van der Waals surface area contributed by atoms with Crippen molar-refractivity contribution in [3.63, 3.8) is 0 Å². The standard InChI is InChI=1S/C15H26N4O2.HI/c1-16-14(17-8-12-3-6-21-9-12)19-5-2-4-15(11-19)7-13(20)18-10-15;/h12H,2-11H2,1H3,(H,16,17)(H,18,20);1H. The number of ether oxygens (including phenoxy) is 1. The molecule has 0 aromatic rings. The average molecular weight is 422 g/mol. The van der Waals surface area contributed by atoms with Crippen LogP contribution in [0.5, 0.6) is 0 Å². The lowest BCUT2D eigenvalue weighted by Gasteiger charge is -2.41. The Morgan fingerprint density at radius 2 is 2.45 bits per heavy atom. The predicted molar refractivity (Wildman–Crippen MR) is 96.6 cm³/mol. The Bertz CT molecular complexity index is 426. The second kappa shape index (κ2) is 7.81. The molecule has 7 heteroatoms. The highest BCUT2D eigenvalue weighted by Gasteiger charge is 2.42. The average Bonchev–Trinajstić information content (AvgIpc) is 3.11. The maximum absolute atomic E-state index is 11.6. The highest BCUT2D eigenvalue weighted by Crippen LogP contribution is 2.35. The van der Waals surface area contributed by atoms with E-state index in [9.17, 15) is 4.79 Å². The van der Waals surface area contributed by atoms with E-state index in [1.807, 2.05) is 7.05 Å². The fourth-order valence-electron chi connectivity index (χ4n) is 3.74. The number of hydrogen-bond donors (Lipinski definition) is 2. The van der Waals surface area contributed by atoms with Gasteiger partial charge in [0.2, 0.25) is 5.91 Å². The molecule has 0 saturated carbocycles. The number of halogens is 1. The summed E-state index contributed by atoms with van der Waals surface area (Å²) in [6.45, 7) is 5.42. The first-order chi connectivity index (χ1) is 10.2.